The lowest BCUT2D eigenvalue weighted by atomic mass is 9.79. The molecule has 1 heterocycles. The van der Waals surface area contributed by atoms with Crippen molar-refractivity contribution in [2.45, 2.75) is 39.7 Å². The Morgan fingerprint density at radius 2 is 2.04 bits per heavy atom. The Balaban J connectivity index is 2.26. The predicted octanol–water partition coefficient (Wildman–Crippen LogP) is 6.19. The van der Waals surface area contributed by atoms with E-state index in [-0.39, 0.29) is 17.1 Å². The molecule has 0 fully saturated rings. The summed E-state index contributed by atoms with van der Waals surface area (Å²) in [6.45, 7) is 8.14. The van der Waals surface area contributed by atoms with Gasteiger partial charge in [0.2, 0.25) is 0 Å². The van der Waals surface area contributed by atoms with Crippen molar-refractivity contribution in [1.29, 1.82) is 0 Å². The van der Waals surface area contributed by atoms with Crippen molar-refractivity contribution in [3.05, 3.63) is 58.1 Å². The van der Waals surface area contributed by atoms with Crippen LogP contribution in [0, 0.1) is 23.2 Å². The maximum absolute atomic E-state index is 13.1. The number of nitrogens with zero attached hydrogens (tertiary/aromatic N) is 1. The third-order valence-corrected chi connectivity index (χ3v) is 4.86. The zero-order valence-corrected chi connectivity index (χ0v) is 17.0. The fourth-order valence-electron chi connectivity index (χ4n) is 2.67. The van der Waals surface area contributed by atoms with Crippen LogP contribution in [0.3, 0.4) is 0 Å². The molecule has 0 spiro atoms. The smallest absolute Gasteiger partial charge is 0.169 e. The molecule has 0 N–H and O–H groups in total. The van der Waals surface area contributed by atoms with Gasteiger partial charge < -0.3 is 0 Å². The van der Waals surface area contributed by atoms with Crippen LogP contribution in [0.4, 0.5) is 0 Å². The number of ketones is 1. The monoisotopic (exact) mass is 387 g/mol. The van der Waals surface area contributed by atoms with Crippen molar-refractivity contribution in [2.75, 3.05) is 0 Å². The number of carbonyl (C=O) groups is 1. The molecule has 0 bridgehead atoms. The van der Waals surface area contributed by atoms with Crippen LogP contribution in [0.5, 0.6) is 0 Å². The fourth-order valence-corrected chi connectivity index (χ4v) is 2.97. The summed E-state index contributed by atoms with van der Waals surface area (Å²) in [5, 5.41) is 0.806. The molecule has 0 radical (unpaired) electrons. The zero-order chi connectivity index (χ0) is 19.4. The fraction of sp³-hybridized carbons (Fsp3) is 0.364. The van der Waals surface area contributed by atoms with E-state index in [1.807, 2.05) is 31.2 Å². The first kappa shape index (κ1) is 20.5. The van der Waals surface area contributed by atoms with Gasteiger partial charge in [-0.25, -0.2) is 0 Å². The third kappa shape index (κ3) is 5.34. The molecule has 2 atom stereocenters. The predicted molar refractivity (Wildman–Crippen MR) is 111 cm³/mol. The van der Waals surface area contributed by atoms with Gasteiger partial charge in [0.05, 0.1) is 21.5 Å². The zero-order valence-electron chi connectivity index (χ0n) is 15.5. The van der Waals surface area contributed by atoms with E-state index in [0.29, 0.717) is 22.0 Å². The lowest BCUT2D eigenvalue weighted by molar-refractivity contribution is 0.0884. The average Bonchev–Trinajstić information content (AvgIpc) is 2.99. The molecule has 1 aromatic carbocycles. The standard InChI is InChI=1S/C22H23Cl2NO/c1-21(2,3)12-7-5-6-9-17(22(4)13-8-14-25-22)20(26)16-10-11-18(23)19(24)15-16/h5-6,8,10-11,13-15,17H,9H2,1-4H3. The number of Topliss-reactive ketones (excluding diaryl/α,β-unsaturated/α-hetero) is 1. The summed E-state index contributed by atoms with van der Waals surface area (Å²) < 4.78 is 0. The van der Waals surface area contributed by atoms with Gasteiger partial charge in [-0.15, -0.1) is 0 Å². The second kappa shape index (κ2) is 8.25. The molecular weight excluding hydrogens is 365 g/mol. The second-order valence-electron chi connectivity index (χ2n) is 7.57. The van der Waals surface area contributed by atoms with Gasteiger partial charge in [0.15, 0.2) is 5.78 Å². The van der Waals surface area contributed by atoms with E-state index in [0.717, 1.165) is 0 Å². The van der Waals surface area contributed by atoms with Gasteiger partial charge in [-0.3, -0.25) is 9.79 Å². The quantitative estimate of drug-likeness (QED) is 0.437. The molecule has 2 rings (SSSR count). The lowest BCUT2D eigenvalue weighted by Crippen LogP contribution is -2.35. The molecule has 26 heavy (non-hydrogen) atoms. The summed E-state index contributed by atoms with van der Waals surface area (Å²) in [5.74, 6) is 5.84. The van der Waals surface area contributed by atoms with Gasteiger partial charge in [0, 0.05) is 17.2 Å². The Morgan fingerprint density at radius 1 is 1.31 bits per heavy atom. The van der Waals surface area contributed by atoms with Crippen LogP contribution in [0.25, 0.3) is 0 Å². The Morgan fingerprint density at radius 3 is 2.62 bits per heavy atom. The summed E-state index contributed by atoms with van der Waals surface area (Å²) in [5.41, 5.74) is -0.0926. The number of hydrogen-bond acceptors (Lipinski definition) is 2. The first-order valence-corrected chi connectivity index (χ1v) is 9.28. The number of allylic oxidation sites excluding steroid dienone is 3. The van der Waals surface area contributed by atoms with Gasteiger partial charge in [-0.1, -0.05) is 47.2 Å². The van der Waals surface area contributed by atoms with Gasteiger partial charge in [-0.2, -0.15) is 0 Å². The number of halogens is 2. The Hall–Kier alpha value is -1.82. The largest absolute Gasteiger partial charge is 0.294 e. The molecule has 0 saturated heterocycles. The van der Waals surface area contributed by atoms with Gasteiger partial charge in [-0.05, 0) is 64.5 Å². The highest BCUT2D eigenvalue weighted by molar-refractivity contribution is 6.42. The van der Waals surface area contributed by atoms with Crippen LogP contribution < -0.4 is 0 Å². The van der Waals surface area contributed by atoms with Crippen LogP contribution in [-0.2, 0) is 0 Å². The summed E-state index contributed by atoms with van der Waals surface area (Å²) in [4.78, 5) is 17.7. The molecule has 0 aliphatic carbocycles. The molecule has 4 heteroatoms. The summed E-state index contributed by atoms with van der Waals surface area (Å²) in [6, 6.07) is 4.97. The van der Waals surface area contributed by atoms with Gasteiger partial charge >= 0.3 is 0 Å². The van der Waals surface area contributed by atoms with Crippen LogP contribution in [0.15, 0.2) is 47.5 Å². The van der Waals surface area contributed by atoms with E-state index < -0.39 is 5.54 Å². The van der Waals surface area contributed by atoms with Crippen molar-refractivity contribution in [3.63, 3.8) is 0 Å². The highest BCUT2D eigenvalue weighted by Gasteiger charge is 2.37. The molecule has 1 aliphatic rings. The molecule has 0 aromatic heterocycles. The number of carbonyl (C=O) groups excluding carboxylic acids is 1. The SMILES string of the molecule is CC(C)(C)C#CC=CCC(C(=O)c1ccc(Cl)c(Cl)c1)C1(C)C=CC=N1. The van der Waals surface area contributed by atoms with E-state index in [2.05, 4.69) is 37.6 Å². The van der Waals surface area contributed by atoms with Crippen LogP contribution >= 0.6 is 23.2 Å². The highest BCUT2D eigenvalue weighted by atomic mass is 35.5. The molecule has 1 aliphatic heterocycles. The van der Waals surface area contributed by atoms with Crippen molar-refractivity contribution in [1.82, 2.24) is 0 Å². The summed E-state index contributed by atoms with van der Waals surface area (Å²) >= 11 is 12.1. The van der Waals surface area contributed by atoms with Gasteiger partial charge in [0.25, 0.3) is 0 Å². The minimum atomic E-state index is -0.578. The molecular formula is C22H23Cl2NO. The minimum Gasteiger partial charge on any atom is -0.294 e. The lowest BCUT2D eigenvalue weighted by Gasteiger charge is -2.28. The Kier molecular flexibility index (Phi) is 6.50. The Bertz CT molecular complexity index is 820. The van der Waals surface area contributed by atoms with E-state index >= 15 is 0 Å². The van der Waals surface area contributed by atoms with Crippen molar-refractivity contribution in [2.24, 2.45) is 16.3 Å². The normalized spacial score (nSPS) is 20.2. The van der Waals surface area contributed by atoms with Crippen LogP contribution in [-0.4, -0.2) is 17.5 Å². The number of benzene rings is 1. The van der Waals surface area contributed by atoms with Crippen LogP contribution in [0.2, 0.25) is 10.0 Å². The maximum Gasteiger partial charge on any atom is 0.169 e. The maximum atomic E-state index is 13.1. The summed E-state index contributed by atoms with van der Waals surface area (Å²) in [7, 11) is 0. The highest BCUT2D eigenvalue weighted by Crippen LogP contribution is 2.33. The van der Waals surface area contributed by atoms with E-state index in [9.17, 15) is 4.79 Å². The first-order chi connectivity index (χ1) is 12.1. The summed E-state index contributed by atoms with van der Waals surface area (Å²) in [6.07, 6.45) is 9.85. The van der Waals surface area contributed by atoms with Crippen molar-refractivity contribution < 1.29 is 4.79 Å². The second-order valence-corrected chi connectivity index (χ2v) is 8.38. The minimum absolute atomic E-state index is 0.0109. The molecule has 2 unspecified atom stereocenters. The van der Waals surface area contributed by atoms with Gasteiger partial charge in [0.1, 0.15) is 0 Å². The number of hydrogen-bond donors (Lipinski definition) is 0. The topological polar surface area (TPSA) is 29.4 Å². The molecule has 2 nitrogen and oxygen atoms in total. The van der Waals surface area contributed by atoms with Crippen LogP contribution in [0.1, 0.15) is 44.5 Å². The number of aliphatic imine (C=N–C) groups is 1. The Labute approximate surface area is 166 Å². The van der Waals surface area contributed by atoms with E-state index in [4.69, 9.17) is 23.2 Å². The van der Waals surface area contributed by atoms with Crippen molar-refractivity contribution in [3.8, 4) is 11.8 Å². The molecule has 136 valence electrons. The van der Waals surface area contributed by atoms with E-state index in [1.54, 1.807) is 24.4 Å². The average molecular weight is 388 g/mol. The first-order valence-electron chi connectivity index (χ1n) is 8.52. The van der Waals surface area contributed by atoms with E-state index in [1.165, 1.54) is 0 Å². The molecule has 0 saturated carbocycles. The van der Waals surface area contributed by atoms with Crippen molar-refractivity contribution >= 4 is 35.2 Å². The molecule has 1 aromatic rings. The third-order valence-electron chi connectivity index (χ3n) is 4.12. The molecule has 0 amide bonds. The number of rotatable bonds is 5.